The van der Waals surface area contributed by atoms with Crippen molar-refractivity contribution in [2.45, 2.75) is 24.7 Å². The van der Waals surface area contributed by atoms with Gasteiger partial charge in [0.05, 0.1) is 13.2 Å². The summed E-state index contributed by atoms with van der Waals surface area (Å²) in [6, 6.07) is 0. The maximum absolute atomic E-state index is 10.7. The molecule has 0 rings (SSSR count). The normalized spacial score (nSPS) is 20.5. The molecule has 0 aromatic heterocycles. The lowest BCUT2D eigenvalue weighted by Gasteiger charge is -2.33. The summed E-state index contributed by atoms with van der Waals surface area (Å²) in [6.07, 6.45) is -3.68. The fraction of sp³-hybridized carbons (Fsp3) is 0.857. The van der Waals surface area contributed by atoms with Crippen LogP contribution in [0.5, 0.6) is 0 Å². The van der Waals surface area contributed by atoms with Crippen LogP contribution in [0.3, 0.4) is 0 Å². The molecule has 0 aliphatic carbocycles. The lowest BCUT2D eigenvalue weighted by atomic mass is 9.89. The van der Waals surface area contributed by atoms with Gasteiger partial charge in [0.2, 0.25) is 0 Å². The lowest BCUT2D eigenvalue weighted by Crippen LogP contribution is -2.58. The monoisotopic (exact) mass is 194 g/mol. The first-order chi connectivity index (χ1) is 5.90. The van der Waals surface area contributed by atoms with Crippen LogP contribution in [0, 0.1) is 0 Å². The summed E-state index contributed by atoms with van der Waals surface area (Å²) in [5.41, 5.74) is -2.40. The average Bonchev–Trinajstić information content (AvgIpc) is 2.13. The Hall–Kier alpha value is -0.530. The van der Waals surface area contributed by atoms with Crippen molar-refractivity contribution in [1.29, 1.82) is 0 Å². The van der Waals surface area contributed by atoms with Gasteiger partial charge in [0.1, 0.15) is 17.8 Å². The van der Waals surface area contributed by atoms with Gasteiger partial charge in [-0.25, -0.2) is 0 Å². The Morgan fingerprint density at radius 1 is 1.38 bits per heavy atom. The zero-order valence-corrected chi connectivity index (χ0v) is 7.21. The molecule has 78 valence electrons. The van der Waals surface area contributed by atoms with E-state index in [1.165, 1.54) is 0 Å². The van der Waals surface area contributed by atoms with Crippen molar-refractivity contribution in [3.8, 4) is 0 Å². The standard InChI is InChI=1S/C7H14O6/c1-4(10)6(12)7(13,3-9)5(11)2-8/h5-6,8-9,11-13H,2-3H2,1H3/t5-,6?,7?/m0/s1. The molecule has 5 N–H and O–H groups in total. The molecule has 0 aromatic carbocycles. The second-order valence-electron chi connectivity index (χ2n) is 2.86. The first-order valence-corrected chi connectivity index (χ1v) is 3.70. The van der Waals surface area contributed by atoms with Crippen molar-refractivity contribution in [3.05, 3.63) is 0 Å². The van der Waals surface area contributed by atoms with Gasteiger partial charge >= 0.3 is 0 Å². The Kier molecular flexibility index (Phi) is 4.45. The van der Waals surface area contributed by atoms with Crippen LogP contribution < -0.4 is 0 Å². The first-order valence-electron chi connectivity index (χ1n) is 3.70. The minimum absolute atomic E-state index is 0.802. The van der Waals surface area contributed by atoms with Gasteiger partial charge in [-0.3, -0.25) is 4.79 Å². The maximum atomic E-state index is 10.7. The number of Topliss-reactive ketones (excluding diaryl/α,β-unsaturated/α-hetero) is 1. The van der Waals surface area contributed by atoms with E-state index in [-0.39, 0.29) is 0 Å². The SMILES string of the molecule is CC(=O)C(O)C(O)(CO)[C@@H](O)CO. The molecule has 0 spiro atoms. The third-order valence-corrected chi connectivity index (χ3v) is 1.86. The highest BCUT2D eigenvalue weighted by Crippen LogP contribution is 2.16. The van der Waals surface area contributed by atoms with E-state index in [9.17, 15) is 9.90 Å². The Morgan fingerprint density at radius 3 is 2.08 bits per heavy atom. The number of rotatable bonds is 5. The van der Waals surface area contributed by atoms with E-state index < -0.39 is 36.8 Å². The largest absolute Gasteiger partial charge is 0.394 e. The molecular weight excluding hydrogens is 180 g/mol. The summed E-state index contributed by atoms with van der Waals surface area (Å²) in [7, 11) is 0. The number of aliphatic hydroxyl groups excluding tert-OH is 4. The molecule has 2 unspecified atom stereocenters. The van der Waals surface area contributed by atoms with Crippen LogP contribution in [0.25, 0.3) is 0 Å². The Morgan fingerprint density at radius 2 is 1.85 bits per heavy atom. The molecule has 6 heteroatoms. The summed E-state index contributed by atoms with van der Waals surface area (Å²) >= 11 is 0. The van der Waals surface area contributed by atoms with Gasteiger partial charge in [-0.05, 0) is 6.92 Å². The quantitative estimate of drug-likeness (QED) is 0.318. The number of aliphatic hydroxyl groups is 5. The molecule has 6 nitrogen and oxygen atoms in total. The van der Waals surface area contributed by atoms with Gasteiger partial charge in [0.25, 0.3) is 0 Å². The minimum atomic E-state index is -2.40. The van der Waals surface area contributed by atoms with Crippen molar-refractivity contribution in [2.24, 2.45) is 0 Å². The number of carbonyl (C=O) groups excluding carboxylic acids is 1. The number of carbonyl (C=O) groups is 1. The summed E-state index contributed by atoms with van der Waals surface area (Å²) in [6.45, 7) is -0.883. The van der Waals surface area contributed by atoms with E-state index in [1.807, 2.05) is 0 Å². The second kappa shape index (κ2) is 4.64. The van der Waals surface area contributed by atoms with Crippen LogP contribution in [0.4, 0.5) is 0 Å². The molecule has 0 aromatic rings. The van der Waals surface area contributed by atoms with Crippen molar-refractivity contribution >= 4 is 5.78 Å². The molecule has 0 fully saturated rings. The molecule has 0 saturated carbocycles. The van der Waals surface area contributed by atoms with E-state index in [4.69, 9.17) is 20.4 Å². The van der Waals surface area contributed by atoms with Gasteiger partial charge < -0.3 is 25.5 Å². The van der Waals surface area contributed by atoms with Crippen molar-refractivity contribution < 1.29 is 30.3 Å². The zero-order chi connectivity index (χ0) is 10.6. The summed E-state index contributed by atoms with van der Waals surface area (Å²) in [4.78, 5) is 10.7. The molecule has 0 aliphatic rings. The number of ketones is 1. The summed E-state index contributed by atoms with van der Waals surface area (Å²) < 4.78 is 0. The highest BCUT2D eigenvalue weighted by atomic mass is 16.4. The Balaban J connectivity index is 4.71. The Bertz CT molecular complexity index is 182. The van der Waals surface area contributed by atoms with E-state index in [0.29, 0.717) is 0 Å². The van der Waals surface area contributed by atoms with Crippen LogP contribution >= 0.6 is 0 Å². The third-order valence-electron chi connectivity index (χ3n) is 1.86. The van der Waals surface area contributed by atoms with E-state index >= 15 is 0 Å². The van der Waals surface area contributed by atoms with E-state index in [1.54, 1.807) is 0 Å². The molecule has 0 radical (unpaired) electrons. The molecule has 0 saturated heterocycles. The molecule has 0 heterocycles. The molecule has 0 aliphatic heterocycles. The van der Waals surface area contributed by atoms with Crippen LogP contribution in [0.15, 0.2) is 0 Å². The van der Waals surface area contributed by atoms with E-state index in [0.717, 1.165) is 6.92 Å². The van der Waals surface area contributed by atoms with Gasteiger partial charge in [-0.15, -0.1) is 0 Å². The fourth-order valence-corrected chi connectivity index (χ4v) is 0.884. The molecule has 0 amide bonds. The number of hydrogen-bond acceptors (Lipinski definition) is 6. The highest BCUT2D eigenvalue weighted by Gasteiger charge is 2.44. The van der Waals surface area contributed by atoms with Crippen LogP contribution in [0.1, 0.15) is 6.92 Å². The highest BCUT2D eigenvalue weighted by molar-refractivity contribution is 5.81. The summed E-state index contributed by atoms with van der Waals surface area (Å²) in [5, 5.41) is 44.7. The van der Waals surface area contributed by atoms with Gasteiger partial charge in [-0.1, -0.05) is 0 Å². The second-order valence-corrected chi connectivity index (χ2v) is 2.86. The first kappa shape index (κ1) is 12.5. The Labute approximate surface area is 75.1 Å². The van der Waals surface area contributed by atoms with Gasteiger partial charge in [-0.2, -0.15) is 0 Å². The van der Waals surface area contributed by atoms with E-state index in [2.05, 4.69) is 0 Å². The molecule has 13 heavy (non-hydrogen) atoms. The van der Waals surface area contributed by atoms with Gasteiger partial charge in [0.15, 0.2) is 5.78 Å². The van der Waals surface area contributed by atoms with Crippen molar-refractivity contribution in [1.82, 2.24) is 0 Å². The molecular formula is C7H14O6. The molecule has 3 atom stereocenters. The molecule has 0 bridgehead atoms. The van der Waals surface area contributed by atoms with Crippen LogP contribution in [0.2, 0.25) is 0 Å². The van der Waals surface area contributed by atoms with Crippen LogP contribution in [-0.4, -0.2) is 62.3 Å². The fourth-order valence-electron chi connectivity index (χ4n) is 0.884. The van der Waals surface area contributed by atoms with Crippen LogP contribution in [-0.2, 0) is 4.79 Å². The number of hydrogen-bond donors (Lipinski definition) is 5. The lowest BCUT2D eigenvalue weighted by molar-refractivity contribution is -0.182. The summed E-state index contributed by atoms with van der Waals surface area (Å²) in [5.74, 6) is -0.802. The van der Waals surface area contributed by atoms with Gasteiger partial charge in [0, 0.05) is 0 Å². The van der Waals surface area contributed by atoms with Crippen molar-refractivity contribution in [3.63, 3.8) is 0 Å². The predicted octanol–water partition coefficient (Wildman–Crippen LogP) is -2.99. The smallest absolute Gasteiger partial charge is 0.161 e. The zero-order valence-electron chi connectivity index (χ0n) is 7.21. The predicted molar refractivity (Wildman–Crippen MR) is 41.8 cm³/mol. The topological polar surface area (TPSA) is 118 Å². The van der Waals surface area contributed by atoms with Crippen molar-refractivity contribution in [2.75, 3.05) is 13.2 Å². The average molecular weight is 194 g/mol. The minimum Gasteiger partial charge on any atom is -0.394 e. The maximum Gasteiger partial charge on any atom is 0.161 e. The third kappa shape index (κ3) is 2.45.